The first-order valence-electron chi connectivity index (χ1n) is 6.77. The third-order valence-corrected chi connectivity index (χ3v) is 3.25. The molecule has 2 N–H and O–H groups in total. The highest BCUT2D eigenvalue weighted by molar-refractivity contribution is 4.88. The van der Waals surface area contributed by atoms with Crippen LogP contribution >= 0.6 is 0 Å². The SMILES string of the molecule is CCCC(CCN)CCc1nncn1C(C)C. The third-order valence-electron chi connectivity index (χ3n) is 3.25. The first kappa shape index (κ1) is 14.2. The topological polar surface area (TPSA) is 56.7 Å². The average Bonchev–Trinajstić information content (AvgIpc) is 2.74. The molecule has 0 aliphatic heterocycles. The van der Waals surface area contributed by atoms with Crippen LogP contribution in [0, 0.1) is 5.92 Å². The van der Waals surface area contributed by atoms with Gasteiger partial charge in [-0.3, -0.25) is 0 Å². The lowest BCUT2D eigenvalue weighted by molar-refractivity contribution is 0.411. The van der Waals surface area contributed by atoms with Crippen LogP contribution in [0.25, 0.3) is 0 Å². The lowest BCUT2D eigenvalue weighted by Gasteiger charge is -2.15. The average molecular weight is 238 g/mol. The van der Waals surface area contributed by atoms with E-state index in [-0.39, 0.29) is 0 Å². The van der Waals surface area contributed by atoms with Crippen LogP contribution in [0.5, 0.6) is 0 Å². The summed E-state index contributed by atoms with van der Waals surface area (Å²) in [6, 6.07) is 0.444. The van der Waals surface area contributed by atoms with Gasteiger partial charge in [-0.1, -0.05) is 19.8 Å². The molecule has 1 unspecified atom stereocenters. The molecule has 0 saturated carbocycles. The van der Waals surface area contributed by atoms with Crippen LogP contribution in [0.15, 0.2) is 6.33 Å². The second-order valence-corrected chi connectivity index (χ2v) is 5.02. The molecule has 1 rings (SSSR count). The number of aromatic nitrogens is 3. The van der Waals surface area contributed by atoms with Gasteiger partial charge in [0.25, 0.3) is 0 Å². The van der Waals surface area contributed by atoms with Crippen LogP contribution in [-0.2, 0) is 6.42 Å². The molecule has 0 radical (unpaired) electrons. The van der Waals surface area contributed by atoms with Gasteiger partial charge in [0.2, 0.25) is 0 Å². The van der Waals surface area contributed by atoms with Crippen molar-refractivity contribution in [3.8, 4) is 0 Å². The van der Waals surface area contributed by atoms with E-state index in [4.69, 9.17) is 5.73 Å². The number of hydrogen-bond acceptors (Lipinski definition) is 3. The van der Waals surface area contributed by atoms with Crippen molar-refractivity contribution in [2.75, 3.05) is 6.54 Å². The molecule has 4 heteroatoms. The van der Waals surface area contributed by atoms with E-state index >= 15 is 0 Å². The maximum Gasteiger partial charge on any atom is 0.133 e. The van der Waals surface area contributed by atoms with Crippen molar-refractivity contribution < 1.29 is 0 Å². The van der Waals surface area contributed by atoms with E-state index in [1.807, 2.05) is 6.33 Å². The van der Waals surface area contributed by atoms with Gasteiger partial charge in [0, 0.05) is 12.5 Å². The van der Waals surface area contributed by atoms with Gasteiger partial charge in [0.15, 0.2) is 0 Å². The molecule has 0 spiro atoms. The summed E-state index contributed by atoms with van der Waals surface area (Å²) in [5.41, 5.74) is 5.65. The fourth-order valence-corrected chi connectivity index (χ4v) is 2.29. The molecule has 0 aromatic carbocycles. The Balaban J connectivity index is 2.49. The van der Waals surface area contributed by atoms with Crippen LogP contribution < -0.4 is 5.73 Å². The van der Waals surface area contributed by atoms with E-state index < -0.39 is 0 Å². The summed E-state index contributed by atoms with van der Waals surface area (Å²) in [5, 5.41) is 8.21. The first-order valence-corrected chi connectivity index (χ1v) is 6.77. The Labute approximate surface area is 105 Å². The molecule has 1 atom stereocenters. The zero-order chi connectivity index (χ0) is 12.7. The van der Waals surface area contributed by atoms with E-state index in [1.165, 1.54) is 19.3 Å². The van der Waals surface area contributed by atoms with Crippen molar-refractivity contribution in [1.82, 2.24) is 14.8 Å². The van der Waals surface area contributed by atoms with Crippen molar-refractivity contribution >= 4 is 0 Å². The monoisotopic (exact) mass is 238 g/mol. The summed E-state index contributed by atoms with van der Waals surface area (Å²) in [6.07, 6.45) is 7.66. The van der Waals surface area contributed by atoms with Crippen molar-refractivity contribution in [2.45, 2.75) is 58.9 Å². The lowest BCUT2D eigenvalue weighted by Crippen LogP contribution is -2.12. The minimum Gasteiger partial charge on any atom is -0.330 e. The Morgan fingerprint density at radius 2 is 2.06 bits per heavy atom. The lowest BCUT2D eigenvalue weighted by atomic mass is 9.94. The highest BCUT2D eigenvalue weighted by atomic mass is 15.3. The molecule has 1 aromatic heterocycles. The molecule has 17 heavy (non-hydrogen) atoms. The van der Waals surface area contributed by atoms with E-state index in [1.54, 1.807) is 0 Å². The summed E-state index contributed by atoms with van der Waals surface area (Å²) in [5.74, 6) is 1.85. The van der Waals surface area contributed by atoms with E-state index in [2.05, 4.69) is 35.5 Å². The van der Waals surface area contributed by atoms with Gasteiger partial charge in [0.1, 0.15) is 12.2 Å². The molecule has 98 valence electrons. The van der Waals surface area contributed by atoms with Gasteiger partial charge < -0.3 is 10.3 Å². The normalized spacial score (nSPS) is 13.2. The number of hydrogen-bond donors (Lipinski definition) is 1. The second kappa shape index (κ2) is 7.43. The molecule has 0 fully saturated rings. The zero-order valence-electron chi connectivity index (χ0n) is 11.4. The number of nitrogens with zero attached hydrogens (tertiary/aromatic N) is 3. The second-order valence-electron chi connectivity index (χ2n) is 5.02. The van der Waals surface area contributed by atoms with E-state index in [9.17, 15) is 0 Å². The highest BCUT2D eigenvalue weighted by Crippen LogP contribution is 2.18. The largest absolute Gasteiger partial charge is 0.330 e. The smallest absolute Gasteiger partial charge is 0.133 e. The molecule has 4 nitrogen and oxygen atoms in total. The molecule has 1 aromatic rings. The fourth-order valence-electron chi connectivity index (χ4n) is 2.29. The minimum atomic E-state index is 0.444. The van der Waals surface area contributed by atoms with Crippen LogP contribution in [0.2, 0.25) is 0 Å². The molecule has 0 aliphatic carbocycles. The van der Waals surface area contributed by atoms with Crippen molar-refractivity contribution in [3.63, 3.8) is 0 Å². The Bertz CT molecular complexity index is 300. The molecular weight excluding hydrogens is 212 g/mol. The standard InChI is InChI=1S/C13H26N4/c1-4-5-12(8-9-14)6-7-13-16-15-10-17(13)11(2)3/h10-12H,4-9,14H2,1-3H3. The van der Waals surface area contributed by atoms with Gasteiger partial charge in [-0.15, -0.1) is 10.2 Å². The van der Waals surface area contributed by atoms with Crippen molar-refractivity contribution in [3.05, 3.63) is 12.2 Å². The van der Waals surface area contributed by atoms with Crippen molar-refractivity contribution in [1.29, 1.82) is 0 Å². The number of nitrogens with two attached hydrogens (primary N) is 1. The first-order chi connectivity index (χ1) is 8.19. The molecule has 1 heterocycles. The Kier molecular flexibility index (Phi) is 6.19. The predicted molar refractivity (Wildman–Crippen MR) is 70.8 cm³/mol. The summed E-state index contributed by atoms with van der Waals surface area (Å²) < 4.78 is 2.16. The third kappa shape index (κ3) is 4.46. The maximum atomic E-state index is 5.65. The van der Waals surface area contributed by atoms with E-state index in [0.29, 0.717) is 6.04 Å². The van der Waals surface area contributed by atoms with Crippen LogP contribution in [0.1, 0.15) is 58.3 Å². The Morgan fingerprint density at radius 1 is 1.29 bits per heavy atom. The predicted octanol–water partition coefficient (Wildman–Crippen LogP) is 2.56. The summed E-state index contributed by atoms with van der Waals surface area (Å²) in [4.78, 5) is 0. The van der Waals surface area contributed by atoms with E-state index in [0.717, 1.165) is 31.1 Å². The molecule has 0 aliphatic rings. The maximum absolute atomic E-state index is 5.65. The van der Waals surface area contributed by atoms with Gasteiger partial charge in [0.05, 0.1) is 0 Å². The fraction of sp³-hybridized carbons (Fsp3) is 0.846. The summed E-state index contributed by atoms with van der Waals surface area (Å²) >= 11 is 0. The van der Waals surface area contributed by atoms with Crippen LogP contribution in [0.3, 0.4) is 0 Å². The van der Waals surface area contributed by atoms with Gasteiger partial charge >= 0.3 is 0 Å². The quantitative estimate of drug-likeness (QED) is 0.757. The van der Waals surface area contributed by atoms with Crippen LogP contribution in [-0.4, -0.2) is 21.3 Å². The minimum absolute atomic E-state index is 0.444. The van der Waals surface area contributed by atoms with Gasteiger partial charge in [-0.2, -0.15) is 0 Å². The molecule has 0 saturated heterocycles. The number of rotatable bonds is 8. The van der Waals surface area contributed by atoms with Gasteiger partial charge in [-0.25, -0.2) is 0 Å². The summed E-state index contributed by atoms with van der Waals surface area (Å²) in [7, 11) is 0. The Hall–Kier alpha value is -0.900. The Morgan fingerprint density at radius 3 is 2.65 bits per heavy atom. The molecule has 0 bridgehead atoms. The molecular formula is C13H26N4. The molecule has 0 amide bonds. The van der Waals surface area contributed by atoms with Gasteiger partial charge in [-0.05, 0) is 39.2 Å². The van der Waals surface area contributed by atoms with Crippen LogP contribution in [0.4, 0.5) is 0 Å². The highest BCUT2D eigenvalue weighted by Gasteiger charge is 2.11. The number of aryl methyl sites for hydroxylation is 1. The van der Waals surface area contributed by atoms with Crippen molar-refractivity contribution in [2.24, 2.45) is 11.7 Å². The zero-order valence-corrected chi connectivity index (χ0v) is 11.4. The summed E-state index contributed by atoms with van der Waals surface area (Å²) in [6.45, 7) is 7.36.